The number of aryl methyl sites for hydroxylation is 2. The van der Waals surface area contributed by atoms with Crippen LogP contribution in [0.1, 0.15) is 22.0 Å². The zero-order chi connectivity index (χ0) is 16.4. The number of carbonyl (C=O) groups excluding carboxylic acids is 1. The Morgan fingerprint density at radius 2 is 2.26 bits per heavy atom. The average Bonchev–Trinajstić information content (AvgIpc) is 2.90. The summed E-state index contributed by atoms with van der Waals surface area (Å²) in [6.45, 7) is -0.402. The minimum absolute atomic E-state index is 0.0652. The number of anilines is 1. The molecule has 0 saturated heterocycles. The van der Waals surface area contributed by atoms with Gasteiger partial charge in [-0.1, -0.05) is 0 Å². The number of hydrogen-bond donors (Lipinski definition) is 0. The number of carbonyl (C=O) groups is 1. The predicted octanol–water partition coefficient (Wildman–Crippen LogP) is 2.97. The van der Waals surface area contributed by atoms with Gasteiger partial charge in [-0.05, 0) is 43.5 Å². The van der Waals surface area contributed by atoms with Gasteiger partial charge in [0, 0.05) is 12.2 Å². The molecular formula is C15H15F2N3O2S. The number of nitrogens with zero attached hydrogens (tertiary/aromatic N) is 3. The number of alkyl halides is 2. The molecule has 1 amide bonds. The highest BCUT2D eigenvalue weighted by molar-refractivity contribution is 7.11. The molecule has 1 aromatic carbocycles. The number of amides is 1. The van der Waals surface area contributed by atoms with Crippen molar-refractivity contribution >= 4 is 22.9 Å². The van der Waals surface area contributed by atoms with Gasteiger partial charge in [0.1, 0.15) is 15.8 Å². The molecule has 122 valence electrons. The second-order valence-electron chi connectivity index (χ2n) is 5.21. The van der Waals surface area contributed by atoms with Crippen LogP contribution >= 0.6 is 11.3 Å². The highest BCUT2D eigenvalue weighted by Crippen LogP contribution is 2.31. The molecule has 0 radical (unpaired) electrons. The fraction of sp³-hybridized carbons (Fsp3) is 0.400. The van der Waals surface area contributed by atoms with Gasteiger partial charge in [-0.3, -0.25) is 4.79 Å². The van der Waals surface area contributed by atoms with Crippen LogP contribution in [0.2, 0.25) is 0 Å². The molecule has 0 bridgehead atoms. The SMILES string of the molecule is Cc1nnc(CC(=O)N2CCCc3cc(OC(F)F)ccc32)s1. The third-order valence-corrected chi connectivity index (χ3v) is 4.40. The maximum atomic E-state index is 12.5. The Kier molecular flexibility index (Phi) is 4.51. The molecule has 3 rings (SSSR count). The van der Waals surface area contributed by atoms with Crippen LogP contribution in [-0.2, 0) is 17.6 Å². The highest BCUT2D eigenvalue weighted by Gasteiger charge is 2.24. The molecule has 1 aliphatic heterocycles. The summed E-state index contributed by atoms with van der Waals surface area (Å²) >= 11 is 1.40. The molecule has 0 atom stereocenters. The van der Waals surface area contributed by atoms with Gasteiger partial charge in [0.2, 0.25) is 5.91 Å². The Labute approximate surface area is 135 Å². The first-order valence-corrected chi connectivity index (χ1v) is 8.01. The third-order valence-electron chi connectivity index (χ3n) is 3.57. The zero-order valence-electron chi connectivity index (χ0n) is 12.5. The van der Waals surface area contributed by atoms with E-state index in [9.17, 15) is 13.6 Å². The minimum Gasteiger partial charge on any atom is -0.435 e. The number of halogens is 2. The molecule has 2 heterocycles. The molecule has 1 aromatic heterocycles. The molecule has 2 aromatic rings. The lowest BCUT2D eigenvalue weighted by molar-refractivity contribution is -0.118. The summed E-state index contributed by atoms with van der Waals surface area (Å²) in [4.78, 5) is 14.2. The monoisotopic (exact) mass is 339 g/mol. The summed E-state index contributed by atoms with van der Waals surface area (Å²) in [6.07, 6.45) is 1.71. The van der Waals surface area contributed by atoms with Gasteiger partial charge < -0.3 is 9.64 Å². The summed E-state index contributed by atoms with van der Waals surface area (Å²) in [7, 11) is 0. The molecule has 0 N–H and O–H groups in total. The quantitative estimate of drug-likeness (QED) is 0.859. The van der Waals surface area contributed by atoms with Crippen molar-refractivity contribution in [3.63, 3.8) is 0 Å². The fourth-order valence-electron chi connectivity index (χ4n) is 2.64. The lowest BCUT2D eigenvalue weighted by atomic mass is 10.0. The van der Waals surface area contributed by atoms with Crippen molar-refractivity contribution in [1.29, 1.82) is 0 Å². The van der Waals surface area contributed by atoms with Gasteiger partial charge in [0.25, 0.3) is 0 Å². The molecule has 0 aliphatic carbocycles. The first kappa shape index (κ1) is 15.8. The van der Waals surface area contributed by atoms with E-state index < -0.39 is 6.61 Å². The van der Waals surface area contributed by atoms with Gasteiger partial charge in [-0.15, -0.1) is 21.5 Å². The standard InChI is InChI=1S/C15H15F2N3O2S/c1-9-18-19-13(23-9)8-14(21)20-6-2-3-10-7-11(22-15(16)17)4-5-12(10)20/h4-5,7,15H,2-3,6,8H2,1H3. The van der Waals surface area contributed by atoms with Crippen molar-refractivity contribution in [2.24, 2.45) is 0 Å². The van der Waals surface area contributed by atoms with Crippen LogP contribution in [0.3, 0.4) is 0 Å². The number of benzene rings is 1. The van der Waals surface area contributed by atoms with Crippen LogP contribution in [-0.4, -0.2) is 29.3 Å². The van der Waals surface area contributed by atoms with Crippen LogP contribution in [0.25, 0.3) is 0 Å². The number of hydrogen-bond acceptors (Lipinski definition) is 5. The Hall–Kier alpha value is -2.09. The van der Waals surface area contributed by atoms with E-state index in [2.05, 4.69) is 14.9 Å². The topological polar surface area (TPSA) is 55.3 Å². The van der Waals surface area contributed by atoms with Gasteiger partial charge >= 0.3 is 6.61 Å². The minimum atomic E-state index is -2.85. The fourth-order valence-corrected chi connectivity index (χ4v) is 3.34. The molecular weight excluding hydrogens is 324 g/mol. The van der Waals surface area contributed by atoms with E-state index in [0.29, 0.717) is 11.6 Å². The summed E-state index contributed by atoms with van der Waals surface area (Å²) in [5.74, 6) is 0.0532. The van der Waals surface area contributed by atoms with Crippen molar-refractivity contribution in [3.05, 3.63) is 33.8 Å². The van der Waals surface area contributed by atoms with E-state index in [1.807, 2.05) is 6.92 Å². The Balaban J connectivity index is 1.79. The molecule has 0 fully saturated rings. The van der Waals surface area contributed by atoms with E-state index >= 15 is 0 Å². The van der Waals surface area contributed by atoms with Crippen molar-refractivity contribution in [1.82, 2.24) is 10.2 Å². The summed E-state index contributed by atoms with van der Waals surface area (Å²) in [5.41, 5.74) is 1.60. The van der Waals surface area contributed by atoms with Crippen molar-refractivity contribution < 1.29 is 18.3 Å². The lowest BCUT2D eigenvalue weighted by Crippen LogP contribution is -2.36. The number of fused-ring (bicyclic) bond motifs is 1. The summed E-state index contributed by atoms with van der Waals surface area (Å²) in [5, 5.41) is 9.38. The van der Waals surface area contributed by atoms with Gasteiger partial charge in [0.15, 0.2) is 0 Å². The second-order valence-corrected chi connectivity index (χ2v) is 6.48. The van der Waals surface area contributed by atoms with Gasteiger partial charge in [-0.2, -0.15) is 8.78 Å². The molecule has 1 aliphatic rings. The largest absolute Gasteiger partial charge is 0.435 e. The van der Waals surface area contributed by atoms with Crippen molar-refractivity contribution in [3.8, 4) is 5.75 Å². The molecule has 8 heteroatoms. The maximum Gasteiger partial charge on any atom is 0.387 e. The molecule has 0 saturated carbocycles. The van der Waals surface area contributed by atoms with E-state index in [4.69, 9.17) is 0 Å². The van der Waals surface area contributed by atoms with E-state index in [-0.39, 0.29) is 18.1 Å². The molecule has 23 heavy (non-hydrogen) atoms. The molecule has 5 nitrogen and oxygen atoms in total. The molecule has 0 unspecified atom stereocenters. The summed E-state index contributed by atoms with van der Waals surface area (Å²) < 4.78 is 29.0. The first-order chi connectivity index (χ1) is 11.0. The van der Waals surface area contributed by atoms with Crippen LogP contribution < -0.4 is 9.64 Å². The Bertz CT molecular complexity index is 720. The number of rotatable bonds is 4. The summed E-state index contributed by atoms with van der Waals surface area (Å²) in [6, 6.07) is 4.71. The van der Waals surface area contributed by atoms with Crippen molar-refractivity contribution in [2.75, 3.05) is 11.4 Å². The predicted molar refractivity (Wildman–Crippen MR) is 82.1 cm³/mol. The third kappa shape index (κ3) is 3.64. The van der Waals surface area contributed by atoms with E-state index in [1.54, 1.807) is 17.0 Å². The Morgan fingerprint density at radius 1 is 1.43 bits per heavy atom. The number of aromatic nitrogens is 2. The van der Waals surface area contributed by atoms with E-state index in [1.165, 1.54) is 17.4 Å². The smallest absolute Gasteiger partial charge is 0.387 e. The van der Waals surface area contributed by atoms with E-state index in [0.717, 1.165) is 29.1 Å². The second kappa shape index (κ2) is 6.57. The first-order valence-electron chi connectivity index (χ1n) is 7.20. The van der Waals surface area contributed by atoms with Gasteiger partial charge in [0.05, 0.1) is 6.42 Å². The van der Waals surface area contributed by atoms with Crippen LogP contribution in [0.15, 0.2) is 18.2 Å². The molecule has 0 spiro atoms. The Morgan fingerprint density at radius 3 is 2.96 bits per heavy atom. The van der Waals surface area contributed by atoms with Gasteiger partial charge in [-0.25, -0.2) is 0 Å². The lowest BCUT2D eigenvalue weighted by Gasteiger charge is -2.29. The van der Waals surface area contributed by atoms with Crippen molar-refractivity contribution in [2.45, 2.75) is 32.8 Å². The average molecular weight is 339 g/mol. The number of ether oxygens (including phenoxy) is 1. The normalized spacial score (nSPS) is 14.0. The van der Waals surface area contributed by atoms with Crippen LogP contribution in [0, 0.1) is 6.92 Å². The van der Waals surface area contributed by atoms with Crippen LogP contribution in [0.4, 0.5) is 14.5 Å². The highest BCUT2D eigenvalue weighted by atomic mass is 32.1. The zero-order valence-corrected chi connectivity index (χ0v) is 13.3. The van der Waals surface area contributed by atoms with Crippen LogP contribution in [0.5, 0.6) is 5.75 Å². The maximum absolute atomic E-state index is 12.5.